The predicted molar refractivity (Wildman–Crippen MR) is 86.7 cm³/mol. The second kappa shape index (κ2) is 6.72. The number of rotatable bonds is 5. The van der Waals surface area contributed by atoms with Crippen LogP contribution in [0.25, 0.3) is 0 Å². The summed E-state index contributed by atoms with van der Waals surface area (Å²) in [5, 5.41) is 0. The van der Waals surface area contributed by atoms with Gasteiger partial charge in [0.15, 0.2) is 5.69 Å². The minimum Gasteiger partial charge on any atom is -0.463 e. The van der Waals surface area contributed by atoms with Crippen molar-refractivity contribution in [1.82, 2.24) is 0 Å². The lowest BCUT2D eigenvalue weighted by Crippen LogP contribution is -2.50. The zero-order valence-electron chi connectivity index (χ0n) is 12.7. The van der Waals surface area contributed by atoms with Crippen LogP contribution < -0.4 is 10.3 Å². The molecule has 0 aliphatic carbocycles. The number of ketones is 1. The van der Waals surface area contributed by atoms with E-state index >= 15 is 0 Å². The van der Waals surface area contributed by atoms with E-state index in [1.165, 1.54) is 12.3 Å². The van der Waals surface area contributed by atoms with E-state index in [1.54, 1.807) is 18.3 Å². The Hall–Kier alpha value is -1.51. The summed E-state index contributed by atoms with van der Waals surface area (Å²) in [6.45, 7) is 6.14. The normalized spacial score (nSPS) is 22.3. The summed E-state index contributed by atoms with van der Waals surface area (Å²) >= 11 is 2.64. The predicted octanol–water partition coefficient (Wildman–Crippen LogP) is 1.10. The first-order valence-electron chi connectivity index (χ1n) is 6.74. The van der Waals surface area contributed by atoms with E-state index in [1.807, 2.05) is 23.9 Å². The molecule has 0 bridgehead atoms. The van der Waals surface area contributed by atoms with Gasteiger partial charge in [0.25, 0.3) is 0 Å². The number of carbonyl (C=O) groups is 2. The highest BCUT2D eigenvalue weighted by Crippen LogP contribution is 2.34. The molecule has 2 N–H and O–H groups in total. The number of ether oxygens (including phenoxy) is 1. The first-order valence-corrected chi connectivity index (χ1v) is 8.44. The summed E-state index contributed by atoms with van der Waals surface area (Å²) in [6.07, 6.45) is 2.74. The summed E-state index contributed by atoms with van der Waals surface area (Å²) in [6, 6.07) is 0. The van der Waals surface area contributed by atoms with Gasteiger partial charge in [0.2, 0.25) is 22.8 Å². The van der Waals surface area contributed by atoms with Crippen molar-refractivity contribution in [3.05, 3.63) is 27.1 Å². The number of aliphatic imine (C=N–C) groups is 1. The van der Waals surface area contributed by atoms with E-state index in [0.29, 0.717) is 11.5 Å². The van der Waals surface area contributed by atoms with E-state index in [9.17, 15) is 9.59 Å². The number of nitrogens with two attached hydrogens (primary N) is 1. The molecule has 6 nitrogen and oxygen atoms in total. The van der Waals surface area contributed by atoms with Crippen molar-refractivity contribution < 1.29 is 18.9 Å². The molecule has 0 saturated carbocycles. The molecule has 1 atom stereocenters. The fourth-order valence-electron chi connectivity index (χ4n) is 1.82. The number of aromatic nitrogens is 1. The number of allylic oxidation sites excluding steroid dienone is 1. The molecule has 1 aliphatic heterocycles. The average molecular weight is 340 g/mol. The Morgan fingerprint density at radius 2 is 2.23 bits per heavy atom. The van der Waals surface area contributed by atoms with E-state index in [-0.39, 0.29) is 12.3 Å². The molecule has 8 heteroatoms. The molecule has 1 aromatic heterocycles. The second-order valence-corrected chi connectivity index (χ2v) is 7.13. The highest BCUT2D eigenvalue weighted by atomic mass is 32.2. The third kappa shape index (κ3) is 3.63. The molecule has 22 heavy (non-hydrogen) atoms. The van der Waals surface area contributed by atoms with Gasteiger partial charge in [-0.2, -0.15) is 4.57 Å². The van der Waals surface area contributed by atoms with Gasteiger partial charge < -0.3 is 4.74 Å². The molecular weight excluding hydrogens is 322 g/mol. The van der Waals surface area contributed by atoms with Crippen molar-refractivity contribution in [3.8, 4) is 0 Å². The molecule has 1 aliphatic rings. The van der Waals surface area contributed by atoms with E-state index < -0.39 is 11.0 Å². The van der Waals surface area contributed by atoms with Crippen LogP contribution in [0.2, 0.25) is 0 Å². The first kappa shape index (κ1) is 16.9. The molecular formula is C14H18N3O3S2+. The maximum absolute atomic E-state index is 12.4. The number of Topliss-reactive ketones (excluding diaryl/α,β-unsaturated/α-hetero) is 1. The number of hydrogen-bond donors (Lipinski definition) is 1. The molecule has 1 aromatic rings. The standard InChI is InChI=1S/C14H18N3O3S2/c1-4-20-13(19)5-11-6-16-14(15,22-11)12(18)7-17-8-21-10(3)9(17)2/h5-6,8H,4,7,15H2,1-3H3/q+1/b11-5-. The van der Waals surface area contributed by atoms with Gasteiger partial charge in [-0.15, -0.1) is 0 Å². The highest BCUT2D eigenvalue weighted by molar-refractivity contribution is 8.06. The van der Waals surface area contributed by atoms with Crippen molar-refractivity contribution in [3.63, 3.8) is 0 Å². The summed E-state index contributed by atoms with van der Waals surface area (Å²) in [5.41, 5.74) is 8.99. The highest BCUT2D eigenvalue weighted by Gasteiger charge is 2.41. The van der Waals surface area contributed by atoms with Gasteiger partial charge in [-0.1, -0.05) is 23.1 Å². The molecule has 0 spiro atoms. The number of aryl methyl sites for hydroxylation is 1. The Morgan fingerprint density at radius 3 is 2.82 bits per heavy atom. The topological polar surface area (TPSA) is 85.6 Å². The molecule has 118 valence electrons. The zero-order valence-corrected chi connectivity index (χ0v) is 14.3. The zero-order chi connectivity index (χ0) is 16.3. The maximum Gasteiger partial charge on any atom is 0.331 e. The van der Waals surface area contributed by atoms with E-state index in [2.05, 4.69) is 4.99 Å². The van der Waals surface area contributed by atoms with Gasteiger partial charge >= 0.3 is 5.97 Å². The van der Waals surface area contributed by atoms with Crippen molar-refractivity contribution in [2.24, 2.45) is 10.7 Å². The Morgan fingerprint density at radius 1 is 1.50 bits per heavy atom. The first-order chi connectivity index (χ1) is 10.4. The lowest BCUT2D eigenvalue weighted by Gasteiger charge is -2.15. The van der Waals surface area contributed by atoms with Crippen molar-refractivity contribution in [2.45, 2.75) is 32.3 Å². The minimum absolute atomic E-state index is 0.156. The third-order valence-electron chi connectivity index (χ3n) is 3.21. The van der Waals surface area contributed by atoms with Gasteiger partial charge in [0.1, 0.15) is 0 Å². The lowest BCUT2D eigenvalue weighted by atomic mass is 10.3. The van der Waals surface area contributed by atoms with Crippen LogP contribution in [-0.4, -0.2) is 29.6 Å². The number of thiazole rings is 1. The van der Waals surface area contributed by atoms with E-state index in [4.69, 9.17) is 10.5 Å². The summed E-state index contributed by atoms with van der Waals surface area (Å²) in [5.74, 6) is -0.682. The molecule has 2 heterocycles. The monoisotopic (exact) mass is 340 g/mol. The number of esters is 1. The summed E-state index contributed by atoms with van der Waals surface area (Å²) in [7, 11) is 0. The number of nitrogens with zero attached hydrogens (tertiary/aromatic N) is 2. The molecule has 0 amide bonds. The molecule has 0 fully saturated rings. The fourth-order valence-corrected chi connectivity index (χ4v) is 3.53. The van der Waals surface area contributed by atoms with Crippen molar-refractivity contribution in [1.29, 1.82) is 0 Å². The van der Waals surface area contributed by atoms with Gasteiger partial charge in [-0.25, -0.2) is 4.79 Å². The van der Waals surface area contributed by atoms with Crippen LogP contribution in [0.15, 0.2) is 21.5 Å². The summed E-state index contributed by atoms with van der Waals surface area (Å²) in [4.78, 5) is 28.2. The van der Waals surface area contributed by atoms with Crippen LogP contribution in [0, 0.1) is 13.8 Å². The Kier molecular flexibility index (Phi) is 5.15. The number of carbonyl (C=O) groups excluding carboxylic acids is 2. The molecule has 1 unspecified atom stereocenters. The molecule has 0 aromatic carbocycles. The van der Waals surface area contributed by atoms with Crippen LogP contribution in [0.5, 0.6) is 0 Å². The number of hydrogen-bond acceptors (Lipinski definition) is 7. The quantitative estimate of drug-likeness (QED) is 0.493. The van der Waals surface area contributed by atoms with Crippen LogP contribution in [0.3, 0.4) is 0 Å². The average Bonchev–Trinajstić information content (AvgIpc) is 2.98. The Bertz CT molecular complexity index is 666. The van der Waals surface area contributed by atoms with Crippen LogP contribution >= 0.6 is 23.1 Å². The van der Waals surface area contributed by atoms with Crippen LogP contribution in [-0.2, 0) is 20.9 Å². The Labute approximate surface area is 137 Å². The van der Waals surface area contributed by atoms with Crippen molar-refractivity contribution in [2.75, 3.05) is 6.61 Å². The van der Waals surface area contributed by atoms with Gasteiger partial charge in [-0.05, 0) is 13.8 Å². The largest absolute Gasteiger partial charge is 0.463 e. The SMILES string of the molecule is CCOC(=O)/C=C1/C=NC(N)(C(=O)C[n+]2csc(C)c2C)S1. The fraction of sp³-hybridized carbons (Fsp3) is 0.429. The second-order valence-electron chi connectivity index (χ2n) is 4.77. The molecule has 0 radical (unpaired) electrons. The Balaban J connectivity index is 2.06. The van der Waals surface area contributed by atoms with Gasteiger partial charge in [-0.3, -0.25) is 15.5 Å². The van der Waals surface area contributed by atoms with Crippen molar-refractivity contribution >= 4 is 41.1 Å². The van der Waals surface area contributed by atoms with Crippen LogP contribution in [0.4, 0.5) is 0 Å². The lowest BCUT2D eigenvalue weighted by molar-refractivity contribution is -0.685. The summed E-state index contributed by atoms with van der Waals surface area (Å²) < 4.78 is 6.69. The molecule has 2 rings (SSSR count). The molecule has 0 saturated heterocycles. The van der Waals surface area contributed by atoms with Crippen LogP contribution in [0.1, 0.15) is 17.5 Å². The van der Waals surface area contributed by atoms with E-state index in [0.717, 1.165) is 22.3 Å². The van der Waals surface area contributed by atoms with Gasteiger partial charge in [0.05, 0.1) is 11.5 Å². The minimum atomic E-state index is -1.38. The number of thioether (sulfide) groups is 1. The smallest absolute Gasteiger partial charge is 0.331 e. The van der Waals surface area contributed by atoms with Gasteiger partial charge in [0, 0.05) is 24.1 Å². The maximum atomic E-state index is 12.4. The third-order valence-corrected chi connectivity index (χ3v) is 5.33.